The van der Waals surface area contributed by atoms with Crippen LogP contribution in [0, 0.1) is 0 Å². The van der Waals surface area contributed by atoms with Crippen LogP contribution in [0.3, 0.4) is 0 Å². The molecule has 1 aliphatic carbocycles. The standard InChI is InChI=1S/C12H14O3/c1-15-10-6-2-4-8-9(5-3-7-13)12(14)11(8)10/h2,4,6,9,13H,3,5,7H2,1H3. The van der Waals surface area contributed by atoms with Gasteiger partial charge in [0.1, 0.15) is 5.75 Å². The predicted molar refractivity (Wildman–Crippen MR) is 56.4 cm³/mol. The molecule has 0 heterocycles. The van der Waals surface area contributed by atoms with E-state index in [0.29, 0.717) is 12.2 Å². The van der Waals surface area contributed by atoms with Gasteiger partial charge in [-0.15, -0.1) is 0 Å². The molecule has 3 nitrogen and oxygen atoms in total. The lowest BCUT2D eigenvalue weighted by Gasteiger charge is -2.29. The van der Waals surface area contributed by atoms with Crippen LogP contribution in [-0.4, -0.2) is 24.6 Å². The fourth-order valence-electron chi connectivity index (χ4n) is 2.09. The minimum absolute atomic E-state index is 0.0257. The topological polar surface area (TPSA) is 46.5 Å². The number of ketones is 1. The van der Waals surface area contributed by atoms with Gasteiger partial charge in [0.15, 0.2) is 5.78 Å². The second-order valence-electron chi connectivity index (χ2n) is 3.71. The first-order valence-electron chi connectivity index (χ1n) is 5.11. The van der Waals surface area contributed by atoms with Crippen LogP contribution in [0.4, 0.5) is 0 Å². The van der Waals surface area contributed by atoms with E-state index in [9.17, 15) is 4.79 Å². The van der Waals surface area contributed by atoms with Crippen LogP contribution < -0.4 is 4.74 Å². The highest BCUT2D eigenvalue weighted by Crippen LogP contribution is 2.42. The van der Waals surface area contributed by atoms with Gasteiger partial charge in [-0.25, -0.2) is 0 Å². The fourth-order valence-corrected chi connectivity index (χ4v) is 2.09. The van der Waals surface area contributed by atoms with E-state index < -0.39 is 0 Å². The Hall–Kier alpha value is -1.35. The summed E-state index contributed by atoms with van der Waals surface area (Å²) < 4.78 is 5.13. The van der Waals surface area contributed by atoms with Gasteiger partial charge >= 0.3 is 0 Å². The molecule has 80 valence electrons. The summed E-state index contributed by atoms with van der Waals surface area (Å²) in [6, 6.07) is 5.66. The molecule has 1 aromatic rings. The van der Waals surface area contributed by atoms with E-state index in [1.165, 1.54) is 0 Å². The van der Waals surface area contributed by atoms with Crippen LogP contribution >= 0.6 is 0 Å². The summed E-state index contributed by atoms with van der Waals surface area (Å²) in [6.45, 7) is 0.142. The van der Waals surface area contributed by atoms with Crippen molar-refractivity contribution in [1.29, 1.82) is 0 Å². The zero-order valence-corrected chi connectivity index (χ0v) is 8.69. The van der Waals surface area contributed by atoms with Gasteiger partial charge in [-0.3, -0.25) is 4.79 Å². The van der Waals surface area contributed by atoms with Crippen molar-refractivity contribution >= 4 is 5.78 Å². The zero-order chi connectivity index (χ0) is 10.8. The molecule has 0 bridgehead atoms. The third-order valence-corrected chi connectivity index (χ3v) is 2.87. The molecular formula is C12H14O3. The molecule has 0 aliphatic heterocycles. The number of Topliss-reactive ketones (excluding diaryl/α,β-unsaturated/α-hetero) is 1. The molecule has 2 rings (SSSR count). The minimum atomic E-state index is -0.0257. The van der Waals surface area contributed by atoms with Gasteiger partial charge in [-0.05, 0) is 24.5 Å². The summed E-state index contributed by atoms with van der Waals surface area (Å²) in [6.07, 6.45) is 1.41. The summed E-state index contributed by atoms with van der Waals surface area (Å²) in [5, 5.41) is 8.73. The Morgan fingerprint density at radius 3 is 2.93 bits per heavy atom. The van der Waals surface area contributed by atoms with Crippen molar-refractivity contribution in [2.24, 2.45) is 0 Å². The number of hydrogen-bond acceptors (Lipinski definition) is 3. The van der Waals surface area contributed by atoms with Gasteiger partial charge in [0, 0.05) is 12.5 Å². The number of fused-ring (bicyclic) bond motifs is 1. The number of aliphatic hydroxyl groups is 1. The average molecular weight is 206 g/mol. The lowest BCUT2D eigenvalue weighted by Crippen LogP contribution is -2.27. The molecule has 15 heavy (non-hydrogen) atoms. The summed E-state index contributed by atoms with van der Waals surface area (Å²) in [7, 11) is 1.57. The number of rotatable bonds is 4. The van der Waals surface area contributed by atoms with Gasteiger partial charge in [0.05, 0.1) is 12.7 Å². The first kappa shape index (κ1) is 10.2. The van der Waals surface area contributed by atoms with Crippen LogP contribution in [0.1, 0.15) is 34.7 Å². The monoisotopic (exact) mass is 206 g/mol. The predicted octanol–water partition coefficient (Wildman–Crippen LogP) is 1.75. The Morgan fingerprint density at radius 1 is 1.47 bits per heavy atom. The SMILES string of the molecule is COc1cccc2c1C(=O)C2CCCO. The maximum Gasteiger partial charge on any atom is 0.174 e. The maximum absolute atomic E-state index is 11.8. The smallest absolute Gasteiger partial charge is 0.174 e. The summed E-state index contributed by atoms with van der Waals surface area (Å²) in [4.78, 5) is 11.8. The van der Waals surface area contributed by atoms with Crippen LogP contribution in [0.25, 0.3) is 0 Å². The molecule has 1 aromatic carbocycles. The third kappa shape index (κ3) is 1.53. The van der Waals surface area contributed by atoms with Crippen molar-refractivity contribution in [2.75, 3.05) is 13.7 Å². The van der Waals surface area contributed by atoms with E-state index >= 15 is 0 Å². The number of carbonyl (C=O) groups is 1. The Kier molecular flexibility index (Phi) is 2.73. The molecule has 0 spiro atoms. The molecule has 3 heteroatoms. The molecule has 1 unspecified atom stereocenters. The summed E-state index contributed by atoms with van der Waals surface area (Å²) in [5.74, 6) is 0.788. The van der Waals surface area contributed by atoms with E-state index in [0.717, 1.165) is 17.5 Å². The Labute approximate surface area is 88.7 Å². The van der Waals surface area contributed by atoms with Gasteiger partial charge in [0.2, 0.25) is 0 Å². The molecule has 1 N–H and O–H groups in total. The Bertz CT molecular complexity index is 384. The lowest BCUT2D eigenvalue weighted by molar-refractivity contribution is 0.0913. The number of carbonyl (C=O) groups excluding carboxylic acids is 1. The number of aliphatic hydroxyl groups excluding tert-OH is 1. The summed E-state index contributed by atoms with van der Waals surface area (Å²) >= 11 is 0. The average Bonchev–Trinajstić information content (AvgIpc) is 2.28. The van der Waals surface area contributed by atoms with E-state index in [4.69, 9.17) is 9.84 Å². The summed E-state index contributed by atoms with van der Waals surface area (Å²) in [5.41, 5.74) is 1.79. The van der Waals surface area contributed by atoms with Crippen molar-refractivity contribution in [1.82, 2.24) is 0 Å². The van der Waals surface area contributed by atoms with Crippen molar-refractivity contribution in [3.63, 3.8) is 0 Å². The molecule has 0 saturated heterocycles. The van der Waals surface area contributed by atoms with E-state index in [1.54, 1.807) is 13.2 Å². The zero-order valence-electron chi connectivity index (χ0n) is 8.69. The molecule has 0 saturated carbocycles. The second kappa shape index (κ2) is 4.03. The van der Waals surface area contributed by atoms with Crippen molar-refractivity contribution in [3.8, 4) is 5.75 Å². The number of ether oxygens (including phenoxy) is 1. The number of benzene rings is 1. The van der Waals surface area contributed by atoms with Crippen molar-refractivity contribution < 1.29 is 14.6 Å². The molecular weight excluding hydrogens is 192 g/mol. The highest BCUT2D eigenvalue weighted by molar-refractivity contribution is 6.12. The molecule has 1 atom stereocenters. The fraction of sp³-hybridized carbons (Fsp3) is 0.417. The second-order valence-corrected chi connectivity index (χ2v) is 3.71. The van der Waals surface area contributed by atoms with Crippen molar-refractivity contribution in [2.45, 2.75) is 18.8 Å². The Balaban J connectivity index is 2.24. The highest BCUT2D eigenvalue weighted by Gasteiger charge is 2.37. The number of hydrogen-bond donors (Lipinski definition) is 1. The number of methoxy groups -OCH3 is 1. The lowest BCUT2D eigenvalue weighted by atomic mass is 9.73. The van der Waals surface area contributed by atoms with Gasteiger partial charge in [0.25, 0.3) is 0 Å². The van der Waals surface area contributed by atoms with Gasteiger partial charge in [-0.1, -0.05) is 12.1 Å². The Morgan fingerprint density at radius 2 is 2.27 bits per heavy atom. The molecule has 0 amide bonds. The van der Waals surface area contributed by atoms with Gasteiger partial charge < -0.3 is 9.84 Å². The van der Waals surface area contributed by atoms with E-state index in [-0.39, 0.29) is 18.3 Å². The van der Waals surface area contributed by atoms with E-state index in [2.05, 4.69) is 0 Å². The molecule has 0 fully saturated rings. The molecule has 1 aliphatic rings. The van der Waals surface area contributed by atoms with E-state index in [1.807, 2.05) is 12.1 Å². The van der Waals surface area contributed by atoms with Crippen LogP contribution in [0.5, 0.6) is 5.75 Å². The molecule has 0 radical (unpaired) electrons. The largest absolute Gasteiger partial charge is 0.496 e. The third-order valence-electron chi connectivity index (χ3n) is 2.87. The van der Waals surface area contributed by atoms with Crippen LogP contribution in [0.2, 0.25) is 0 Å². The first-order chi connectivity index (χ1) is 7.29. The maximum atomic E-state index is 11.8. The first-order valence-corrected chi connectivity index (χ1v) is 5.11. The van der Waals surface area contributed by atoms with Crippen LogP contribution in [-0.2, 0) is 0 Å². The minimum Gasteiger partial charge on any atom is -0.496 e. The van der Waals surface area contributed by atoms with Crippen molar-refractivity contribution in [3.05, 3.63) is 29.3 Å². The normalized spacial score (nSPS) is 18.3. The highest BCUT2D eigenvalue weighted by atomic mass is 16.5. The van der Waals surface area contributed by atoms with Crippen LogP contribution in [0.15, 0.2) is 18.2 Å². The van der Waals surface area contributed by atoms with Gasteiger partial charge in [-0.2, -0.15) is 0 Å². The quantitative estimate of drug-likeness (QED) is 0.816. The molecule has 0 aromatic heterocycles.